The molecule has 0 spiro atoms. The fraction of sp³-hybridized carbons (Fsp3) is 0.708. The number of carboxylic acids is 1. The fourth-order valence-electron chi connectivity index (χ4n) is 4.93. The number of benzene rings is 1. The molecule has 32 heavy (non-hydrogen) atoms. The van der Waals surface area contributed by atoms with Gasteiger partial charge in [-0.15, -0.1) is 0 Å². The minimum absolute atomic E-state index is 0.00322. The Balaban J connectivity index is 1.81. The Morgan fingerprint density at radius 2 is 1.78 bits per heavy atom. The first kappa shape index (κ1) is 26.6. The molecular formula is C24H37F2NO5. The third kappa shape index (κ3) is 9.10. The Kier molecular flexibility index (Phi) is 11.5. The maximum absolute atomic E-state index is 13.3. The first-order chi connectivity index (χ1) is 15.3. The topological polar surface area (TPSA) is 99.0 Å². The molecule has 182 valence electrons. The van der Waals surface area contributed by atoms with Gasteiger partial charge in [0.05, 0.1) is 19.3 Å². The van der Waals surface area contributed by atoms with Crippen molar-refractivity contribution in [3.05, 3.63) is 35.4 Å². The molecule has 1 aliphatic rings. The molecule has 5 atom stereocenters. The number of carbonyl (C=O) groups is 1. The molecule has 1 aromatic carbocycles. The Hall–Kier alpha value is -1.61. The molecular weight excluding hydrogens is 420 g/mol. The lowest BCUT2D eigenvalue weighted by atomic mass is 9.84. The number of aliphatic hydroxyl groups excluding tert-OH is 2. The van der Waals surface area contributed by atoms with Crippen LogP contribution in [0.2, 0.25) is 0 Å². The van der Waals surface area contributed by atoms with E-state index in [1.165, 1.54) is 12.1 Å². The lowest BCUT2D eigenvalue weighted by molar-refractivity contribution is -0.137. The minimum atomic E-state index is -0.772. The van der Waals surface area contributed by atoms with Crippen LogP contribution in [-0.2, 0) is 16.1 Å². The molecule has 1 fully saturated rings. The van der Waals surface area contributed by atoms with Crippen molar-refractivity contribution in [2.45, 2.75) is 88.9 Å². The molecule has 0 amide bonds. The van der Waals surface area contributed by atoms with Gasteiger partial charge in [-0.25, -0.2) is 8.78 Å². The maximum Gasteiger partial charge on any atom is 0.303 e. The number of rotatable bonds is 15. The van der Waals surface area contributed by atoms with E-state index in [0.29, 0.717) is 44.1 Å². The summed E-state index contributed by atoms with van der Waals surface area (Å²) in [5, 5.41) is 29.8. The molecule has 0 bridgehead atoms. The number of aryl methyl sites for hydroxylation is 1. The van der Waals surface area contributed by atoms with Crippen molar-refractivity contribution < 1.29 is 33.7 Å². The van der Waals surface area contributed by atoms with Gasteiger partial charge in [0, 0.05) is 18.5 Å². The Bertz CT molecular complexity index is 685. The highest BCUT2D eigenvalue weighted by Crippen LogP contribution is 2.39. The normalized spacial score (nSPS) is 24.0. The highest BCUT2D eigenvalue weighted by atomic mass is 19.1. The number of aliphatic carboxylic acids is 1. The minimum Gasteiger partial charge on any atom is -0.481 e. The van der Waals surface area contributed by atoms with Crippen LogP contribution in [0.25, 0.3) is 0 Å². The van der Waals surface area contributed by atoms with Crippen LogP contribution in [0, 0.1) is 23.5 Å². The van der Waals surface area contributed by atoms with Gasteiger partial charge in [0.25, 0.3) is 0 Å². The monoisotopic (exact) mass is 457 g/mol. The van der Waals surface area contributed by atoms with Crippen molar-refractivity contribution in [1.82, 2.24) is 5.48 Å². The molecule has 8 heteroatoms. The number of hydrogen-bond acceptors (Lipinski definition) is 5. The van der Waals surface area contributed by atoms with E-state index in [1.54, 1.807) is 7.11 Å². The number of unbranched alkanes of at least 4 members (excludes halogenated alkanes) is 3. The van der Waals surface area contributed by atoms with E-state index in [9.17, 15) is 23.8 Å². The smallest absolute Gasteiger partial charge is 0.303 e. The molecule has 1 aromatic rings. The second kappa shape index (κ2) is 13.8. The summed E-state index contributed by atoms with van der Waals surface area (Å²) < 4.78 is 26.7. The summed E-state index contributed by atoms with van der Waals surface area (Å²) in [7, 11) is 1.55. The number of halogens is 2. The van der Waals surface area contributed by atoms with Crippen molar-refractivity contribution in [1.29, 1.82) is 0 Å². The van der Waals surface area contributed by atoms with Crippen molar-refractivity contribution in [2.75, 3.05) is 7.11 Å². The van der Waals surface area contributed by atoms with Crippen molar-refractivity contribution in [3.63, 3.8) is 0 Å². The Morgan fingerprint density at radius 1 is 1.09 bits per heavy atom. The van der Waals surface area contributed by atoms with Crippen LogP contribution in [0.3, 0.4) is 0 Å². The van der Waals surface area contributed by atoms with E-state index in [2.05, 4.69) is 5.48 Å². The van der Waals surface area contributed by atoms with Gasteiger partial charge >= 0.3 is 5.97 Å². The lowest BCUT2D eigenvalue weighted by Crippen LogP contribution is -2.34. The average Bonchev–Trinajstić information content (AvgIpc) is 3.01. The standard InChI is InChI=1S/C24H37F2NO5/c1-32-27-22-15-23(29)21(6-4-2-3-5-7-24(30)31)20(22)11-10-19(28)9-8-16-12-17(25)14-18(26)13-16/h12-14,19-23,27-29H,2-11,15H2,1H3,(H,30,31)/t19-,20+,21+,22?,23-/m0/s1. The first-order valence-electron chi connectivity index (χ1n) is 11.6. The summed E-state index contributed by atoms with van der Waals surface area (Å²) in [6, 6.07) is 3.40. The van der Waals surface area contributed by atoms with Crippen LogP contribution < -0.4 is 5.48 Å². The third-order valence-electron chi connectivity index (χ3n) is 6.53. The predicted octanol–water partition coefficient (Wildman–Crippen LogP) is 3.98. The van der Waals surface area contributed by atoms with Gasteiger partial charge in [-0.3, -0.25) is 4.79 Å². The van der Waals surface area contributed by atoms with Crippen LogP contribution >= 0.6 is 0 Å². The van der Waals surface area contributed by atoms with Gasteiger partial charge in [-0.2, -0.15) is 5.48 Å². The van der Waals surface area contributed by atoms with Gasteiger partial charge < -0.3 is 20.2 Å². The number of hydroxylamine groups is 1. The summed E-state index contributed by atoms with van der Waals surface area (Å²) in [5.41, 5.74) is 3.51. The molecule has 1 saturated carbocycles. The zero-order chi connectivity index (χ0) is 23.5. The lowest BCUT2D eigenvalue weighted by Gasteiger charge is -2.26. The van der Waals surface area contributed by atoms with Crippen molar-refractivity contribution >= 4 is 5.97 Å². The third-order valence-corrected chi connectivity index (χ3v) is 6.53. The molecule has 2 rings (SSSR count). The molecule has 0 aliphatic heterocycles. The summed E-state index contributed by atoms with van der Waals surface area (Å²) in [6.07, 6.45) is 6.00. The zero-order valence-electron chi connectivity index (χ0n) is 18.8. The van der Waals surface area contributed by atoms with Crippen LogP contribution in [-0.4, -0.2) is 46.6 Å². The molecule has 0 radical (unpaired) electrons. The zero-order valence-corrected chi connectivity index (χ0v) is 18.8. The predicted molar refractivity (Wildman–Crippen MR) is 117 cm³/mol. The Morgan fingerprint density at radius 3 is 2.44 bits per heavy atom. The molecule has 0 aromatic heterocycles. The van der Waals surface area contributed by atoms with Gasteiger partial charge in [-0.05, 0) is 74.5 Å². The van der Waals surface area contributed by atoms with Gasteiger partial charge in [0.15, 0.2) is 0 Å². The van der Waals surface area contributed by atoms with Crippen LogP contribution in [0.15, 0.2) is 18.2 Å². The largest absolute Gasteiger partial charge is 0.481 e. The van der Waals surface area contributed by atoms with E-state index in [4.69, 9.17) is 9.94 Å². The highest BCUT2D eigenvalue weighted by Gasteiger charge is 2.41. The first-order valence-corrected chi connectivity index (χ1v) is 11.6. The van der Waals surface area contributed by atoms with E-state index in [1.807, 2.05) is 0 Å². The molecule has 1 unspecified atom stereocenters. The molecule has 0 saturated heterocycles. The van der Waals surface area contributed by atoms with Crippen molar-refractivity contribution in [2.24, 2.45) is 11.8 Å². The second-order valence-electron chi connectivity index (χ2n) is 8.95. The Labute approximate surface area is 188 Å². The van der Waals surface area contributed by atoms with Gasteiger partial charge in [-0.1, -0.05) is 19.3 Å². The van der Waals surface area contributed by atoms with E-state index in [-0.39, 0.29) is 24.3 Å². The van der Waals surface area contributed by atoms with Gasteiger partial charge in [0.2, 0.25) is 0 Å². The molecule has 0 heterocycles. The van der Waals surface area contributed by atoms with E-state index in [0.717, 1.165) is 31.7 Å². The molecule has 4 N–H and O–H groups in total. The number of nitrogens with one attached hydrogen (secondary N) is 1. The summed E-state index contributed by atoms with van der Waals surface area (Å²) in [4.78, 5) is 15.7. The fourth-order valence-corrected chi connectivity index (χ4v) is 4.93. The van der Waals surface area contributed by atoms with Crippen LogP contribution in [0.5, 0.6) is 0 Å². The summed E-state index contributed by atoms with van der Waals surface area (Å²) in [6.45, 7) is 0. The average molecular weight is 458 g/mol. The van der Waals surface area contributed by atoms with Crippen LogP contribution in [0.1, 0.15) is 69.8 Å². The number of aliphatic hydroxyl groups is 2. The SMILES string of the molecule is CONC1C[C@H](O)[C@H](CCCCCCC(=O)O)[C@H]1CC[C@@H](O)CCc1cc(F)cc(F)c1. The number of hydrogen-bond donors (Lipinski definition) is 4. The summed E-state index contributed by atoms with van der Waals surface area (Å²) in [5.74, 6) is -1.77. The highest BCUT2D eigenvalue weighted by molar-refractivity contribution is 5.66. The summed E-state index contributed by atoms with van der Waals surface area (Å²) >= 11 is 0. The van der Waals surface area contributed by atoms with Gasteiger partial charge in [0.1, 0.15) is 11.6 Å². The van der Waals surface area contributed by atoms with E-state index < -0.39 is 29.8 Å². The quantitative estimate of drug-likeness (QED) is 0.235. The van der Waals surface area contributed by atoms with E-state index >= 15 is 0 Å². The van der Waals surface area contributed by atoms with Crippen molar-refractivity contribution in [3.8, 4) is 0 Å². The molecule has 1 aliphatic carbocycles. The maximum atomic E-state index is 13.3. The second-order valence-corrected chi connectivity index (χ2v) is 8.95. The molecule has 6 nitrogen and oxygen atoms in total. The van der Waals surface area contributed by atoms with Crippen LogP contribution in [0.4, 0.5) is 8.78 Å². The number of carboxylic acid groups (broad SMARTS) is 1.